The van der Waals surface area contributed by atoms with E-state index in [0.29, 0.717) is 12.5 Å². The molecule has 0 aliphatic carbocycles. The van der Waals surface area contributed by atoms with Gasteiger partial charge >= 0.3 is 0 Å². The fraction of sp³-hybridized carbons (Fsp3) is 0.500. The molecular weight excluding hydrogens is 328 g/mol. The van der Waals surface area contributed by atoms with Crippen LogP contribution in [-0.2, 0) is 11.2 Å². The summed E-state index contributed by atoms with van der Waals surface area (Å²) in [6, 6.07) is 6.39. The molecule has 0 amide bonds. The van der Waals surface area contributed by atoms with E-state index in [-0.39, 0.29) is 6.04 Å². The number of imidazole rings is 1. The van der Waals surface area contributed by atoms with Gasteiger partial charge in [0.25, 0.3) is 0 Å². The lowest BCUT2D eigenvalue weighted by atomic mass is 10.2. The molecule has 0 bridgehead atoms. The number of aryl methyl sites for hydroxylation is 1. The van der Waals surface area contributed by atoms with Crippen molar-refractivity contribution in [3.8, 4) is 0 Å². The van der Waals surface area contributed by atoms with Crippen LogP contribution in [-0.4, -0.2) is 28.6 Å². The fourth-order valence-electron chi connectivity index (χ4n) is 2.23. The van der Waals surface area contributed by atoms with Gasteiger partial charge in [0.2, 0.25) is 0 Å². The zero-order valence-corrected chi connectivity index (χ0v) is 13.5. The molecule has 0 saturated heterocycles. The van der Waals surface area contributed by atoms with Crippen LogP contribution in [0.1, 0.15) is 25.7 Å². The Bertz CT molecular complexity index is 556. The van der Waals surface area contributed by atoms with E-state index < -0.39 is 0 Å². The van der Waals surface area contributed by atoms with E-state index in [1.54, 1.807) is 0 Å². The van der Waals surface area contributed by atoms with Crippen LogP contribution >= 0.6 is 27.5 Å². The minimum absolute atomic E-state index is 0.248. The second-order valence-electron chi connectivity index (χ2n) is 4.48. The van der Waals surface area contributed by atoms with Crippen LogP contribution in [0.25, 0.3) is 11.0 Å². The molecule has 1 aromatic heterocycles. The highest BCUT2D eigenvalue weighted by atomic mass is 79.9. The Hall–Kier alpha value is -0.580. The maximum atomic E-state index is 5.88. The molecule has 1 atom stereocenters. The first kappa shape index (κ1) is 14.8. The van der Waals surface area contributed by atoms with Crippen LogP contribution < -0.4 is 0 Å². The standard InChI is InChI=1S/C14H18BrClN2O/c1-3-19-9-10(2)18-13-8-11(15)4-5-12(13)17-14(18)6-7-16/h4-5,8,10H,3,6-7,9H2,1-2H3. The third-order valence-electron chi connectivity index (χ3n) is 3.05. The highest BCUT2D eigenvalue weighted by Gasteiger charge is 2.15. The summed E-state index contributed by atoms with van der Waals surface area (Å²) < 4.78 is 8.83. The van der Waals surface area contributed by atoms with E-state index in [2.05, 4.69) is 38.5 Å². The topological polar surface area (TPSA) is 27.1 Å². The largest absolute Gasteiger partial charge is 0.380 e. The van der Waals surface area contributed by atoms with Gasteiger partial charge < -0.3 is 9.30 Å². The molecule has 3 nitrogen and oxygen atoms in total. The molecule has 0 N–H and O–H groups in total. The van der Waals surface area contributed by atoms with Crippen LogP contribution in [0.2, 0.25) is 0 Å². The van der Waals surface area contributed by atoms with Crippen molar-refractivity contribution in [2.24, 2.45) is 0 Å². The van der Waals surface area contributed by atoms with Crippen molar-refractivity contribution in [1.29, 1.82) is 0 Å². The first-order chi connectivity index (χ1) is 9.17. The number of aromatic nitrogens is 2. The maximum absolute atomic E-state index is 5.88. The van der Waals surface area contributed by atoms with Gasteiger partial charge in [0.1, 0.15) is 5.82 Å². The van der Waals surface area contributed by atoms with Crippen molar-refractivity contribution in [2.75, 3.05) is 19.1 Å². The molecule has 1 unspecified atom stereocenters. The molecule has 0 fully saturated rings. The first-order valence-corrected chi connectivity index (χ1v) is 7.80. The number of fused-ring (bicyclic) bond motifs is 1. The van der Waals surface area contributed by atoms with E-state index in [1.165, 1.54) is 0 Å². The average molecular weight is 346 g/mol. The summed E-state index contributed by atoms with van der Waals surface area (Å²) in [6.07, 6.45) is 0.768. The molecule has 104 valence electrons. The molecule has 19 heavy (non-hydrogen) atoms. The lowest BCUT2D eigenvalue weighted by Crippen LogP contribution is -2.15. The van der Waals surface area contributed by atoms with E-state index in [9.17, 15) is 0 Å². The summed E-state index contributed by atoms with van der Waals surface area (Å²) in [7, 11) is 0. The van der Waals surface area contributed by atoms with E-state index >= 15 is 0 Å². The number of alkyl halides is 1. The van der Waals surface area contributed by atoms with Gasteiger partial charge in [-0.25, -0.2) is 4.98 Å². The van der Waals surface area contributed by atoms with Gasteiger partial charge in [-0.1, -0.05) is 15.9 Å². The predicted octanol–water partition coefficient (Wildman–Crippen LogP) is 4.18. The highest BCUT2D eigenvalue weighted by molar-refractivity contribution is 9.10. The molecule has 5 heteroatoms. The van der Waals surface area contributed by atoms with Crippen molar-refractivity contribution in [2.45, 2.75) is 26.3 Å². The fourth-order valence-corrected chi connectivity index (χ4v) is 2.75. The van der Waals surface area contributed by atoms with Crippen molar-refractivity contribution in [3.63, 3.8) is 0 Å². The summed E-state index contributed by atoms with van der Waals surface area (Å²) in [5, 5.41) is 0. The quantitative estimate of drug-likeness (QED) is 0.734. The SMILES string of the molecule is CCOCC(C)n1c(CCCl)nc2ccc(Br)cc21. The van der Waals surface area contributed by atoms with E-state index in [1.807, 2.05) is 19.1 Å². The number of hydrogen-bond donors (Lipinski definition) is 0. The third-order valence-corrected chi connectivity index (χ3v) is 3.73. The molecule has 1 heterocycles. The number of benzene rings is 1. The molecular formula is C14H18BrClN2O. The Morgan fingerprint density at radius 1 is 1.47 bits per heavy atom. The summed E-state index contributed by atoms with van der Waals surface area (Å²) >= 11 is 9.40. The van der Waals surface area contributed by atoms with Gasteiger partial charge in [-0.15, -0.1) is 11.6 Å². The Morgan fingerprint density at radius 3 is 2.95 bits per heavy atom. The van der Waals surface area contributed by atoms with Crippen LogP contribution in [0.15, 0.2) is 22.7 Å². The van der Waals surface area contributed by atoms with E-state index in [0.717, 1.165) is 34.4 Å². The van der Waals surface area contributed by atoms with Crippen molar-refractivity contribution in [3.05, 3.63) is 28.5 Å². The lowest BCUT2D eigenvalue weighted by molar-refractivity contribution is 0.119. The smallest absolute Gasteiger partial charge is 0.111 e. The number of halogens is 2. The number of rotatable bonds is 6. The molecule has 1 aromatic carbocycles. The molecule has 0 aliphatic heterocycles. The third kappa shape index (κ3) is 3.30. The number of hydrogen-bond acceptors (Lipinski definition) is 2. The highest BCUT2D eigenvalue weighted by Crippen LogP contribution is 2.25. The first-order valence-electron chi connectivity index (χ1n) is 6.47. The van der Waals surface area contributed by atoms with Gasteiger partial charge in [-0.3, -0.25) is 0 Å². The summed E-state index contributed by atoms with van der Waals surface area (Å²) in [6.45, 7) is 5.57. The molecule has 2 aromatic rings. The average Bonchev–Trinajstić information content (AvgIpc) is 2.73. The molecule has 0 radical (unpaired) electrons. The van der Waals surface area contributed by atoms with E-state index in [4.69, 9.17) is 16.3 Å². The van der Waals surface area contributed by atoms with Gasteiger partial charge in [0.15, 0.2) is 0 Å². The zero-order valence-electron chi connectivity index (χ0n) is 11.2. The number of nitrogens with zero attached hydrogens (tertiary/aromatic N) is 2. The molecule has 0 aliphatic rings. The van der Waals surface area contributed by atoms with Gasteiger partial charge in [-0.05, 0) is 32.0 Å². The Balaban J connectivity index is 2.46. The van der Waals surface area contributed by atoms with Gasteiger partial charge in [-0.2, -0.15) is 0 Å². The Labute approximate surface area is 127 Å². The monoisotopic (exact) mass is 344 g/mol. The molecule has 0 saturated carbocycles. The lowest BCUT2D eigenvalue weighted by Gasteiger charge is -2.17. The Morgan fingerprint density at radius 2 is 2.26 bits per heavy atom. The minimum atomic E-state index is 0.248. The summed E-state index contributed by atoms with van der Waals surface area (Å²) in [5.74, 6) is 1.60. The maximum Gasteiger partial charge on any atom is 0.111 e. The number of ether oxygens (including phenoxy) is 1. The van der Waals surface area contributed by atoms with Gasteiger partial charge in [0, 0.05) is 23.4 Å². The van der Waals surface area contributed by atoms with Crippen molar-refractivity contribution < 1.29 is 4.74 Å². The normalized spacial score (nSPS) is 13.1. The molecule has 2 rings (SSSR count). The zero-order chi connectivity index (χ0) is 13.8. The van der Waals surface area contributed by atoms with Crippen LogP contribution in [0.4, 0.5) is 0 Å². The van der Waals surface area contributed by atoms with Crippen LogP contribution in [0.3, 0.4) is 0 Å². The minimum Gasteiger partial charge on any atom is -0.380 e. The van der Waals surface area contributed by atoms with Crippen LogP contribution in [0.5, 0.6) is 0 Å². The summed E-state index contributed by atoms with van der Waals surface area (Å²) in [5.41, 5.74) is 2.13. The second kappa shape index (κ2) is 6.73. The summed E-state index contributed by atoms with van der Waals surface area (Å²) in [4.78, 5) is 4.67. The van der Waals surface area contributed by atoms with Gasteiger partial charge in [0.05, 0.1) is 23.7 Å². The second-order valence-corrected chi connectivity index (χ2v) is 5.77. The van der Waals surface area contributed by atoms with Crippen LogP contribution in [0, 0.1) is 0 Å². The predicted molar refractivity (Wildman–Crippen MR) is 83.1 cm³/mol. The molecule has 0 spiro atoms. The van der Waals surface area contributed by atoms with Crippen molar-refractivity contribution >= 4 is 38.6 Å². The Kier molecular flexibility index (Phi) is 5.25. The van der Waals surface area contributed by atoms with Crippen molar-refractivity contribution in [1.82, 2.24) is 9.55 Å².